The topological polar surface area (TPSA) is 93.4 Å². The largest absolute Gasteiger partial charge is 0.352 e. The lowest BCUT2D eigenvalue weighted by Gasteiger charge is -2.16. The summed E-state index contributed by atoms with van der Waals surface area (Å²) in [4.78, 5) is 30.0. The van der Waals surface area contributed by atoms with Crippen LogP contribution in [0.5, 0.6) is 0 Å². The van der Waals surface area contributed by atoms with Crippen LogP contribution in [0.4, 0.5) is 5.82 Å². The molecule has 3 aromatic rings. The Morgan fingerprint density at radius 1 is 1.40 bits per heavy atom. The third kappa shape index (κ3) is 2.71. The standard InChI is InChI=1S/C18H21N5O2/c1-4-11(3)23-15(19)12(17(24)20-5-2)10-13-16(23)21-14-8-6-7-9-22(14)18(13)25/h6-11,19H,4-5H2,1-3H3,(H,20,24)/p+1/t11-/m1/s1. The number of pyridine rings is 2. The first-order chi connectivity index (χ1) is 12.0. The van der Waals surface area contributed by atoms with Crippen molar-refractivity contribution in [1.29, 1.82) is 0 Å². The second-order valence-electron chi connectivity index (χ2n) is 6.01. The second-order valence-corrected chi connectivity index (χ2v) is 6.01. The van der Waals surface area contributed by atoms with Gasteiger partial charge in [-0.15, -0.1) is 0 Å². The summed E-state index contributed by atoms with van der Waals surface area (Å²) in [6.45, 7) is 6.33. The predicted molar refractivity (Wildman–Crippen MR) is 96.6 cm³/mol. The molecule has 25 heavy (non-hydrogen) atoms. The molecule has 0 unspecified atom stereocenters. The minimum Gasteiger partial charge on any atom is -0.352 e. The van der Waals surface area contributed by atoms with Gasteiger partial charge in [-0.3, -0.25) is 14.0 Å². The Morgan fingerprint density at radius 3 is 2.84 bits per heavy atom. The summed E-state index contributed by atoms with van der Waals surface area (Å²) in [7, 11) is 0. The number of carbonyl (C=O) groups excluding carboxylic acids is 1. The maximum absolute atomic E-state index is 12.9. The van der Waals surface area contributed by atoms with Gasteiger partial charge in [-0.1, -0.05) is 18.0 Å². The normalized spacial score (nSPS) is 12.4. The Kier molecular flexibility index (Phi) is 4.39. The van der Waals surface area contributed by atoms with E-state index in [-0.39, 0.29) is 17.5 Å². The molecule has 0 bridgehead atoms. The summed E-state index contributed by atoms with van der Waals surface area (Å²) < 4.78 is 3.26. The molecule has 3 heterocycles. The lowest BCUT2D eigenvalue weighted by atomic mass is 10.1. The van der Waals surface area contributed by atoms with Crippen molar-refractivity contribution in [3.8, 4) is 0 Å². The van der Waals surface area contributed by atoms with E-state index in [1.165, 1.54) is 4.40 Å². The molecule has 3 rings (SSSR count). The van der Waals surface area contributed by atoms with E-state index in [9.17, 15) is 9.59 Å². The molecule has 0 aromatic carbocycles. The summed E-state index contributed by atoms with van der Waals surface area (Å²) in [6.07, 6.45) is 2.46. The fourth-order valence-electron chi connectivity index (χ4n) is 2.93. The van der Waals surface area contributed by atoms with Crippen LogP contribution in [-0.2, 0) is 0 Å². The first-order valence-corrected chi connectivity index (χ1v) is 8.42. The Hall–Kier alpha value is -2.96. The number of nitrogens with zero attached hydrogens (tertiary/aromatic N) is 3. The quantitative estimate of drug-likeness (QED) is 0.555. The molecule has 0 radical (unpaired) electrons. The molecule has 130 valence electrons. The van der Waals surface area contributed by atoms with Gasteiger partial charge in [0.2, 0.25) is 11.5 Å². The van der Waals surface area contributed by atoms with E-state index >= 15 is 0 Å². The second kappa shape index (κ2) is 6.51. The van der Waals surface area contributed by atoms with Crippen LogP contribution in [0.3, 0.4) is 0 Å². The van der Waals surface area contributed by atoms with Gasteiger partial charge >= 0.3 is 0 Å². The molecular weight excluding hydrogens is 318 g/mol. The molecule has 1 amide bonds. The van der Waals surface area contributed by atoms with Gasteiger partial charge < -0.3 is 11.1 Å². The average molecular weight is 340 g/mol. The molecule has 0 aliphatic carbocycles. The lowest BCUT2D eigenvalue weighted by molar-refractivity contribution is -0.683. The number of aromatic nitrogens is 3. The van der Waals surface area contributed by atoms with Crippen LogP contribution in [0.25, 0.3) is 16.7 Å². The van der Waals surface area contributed by atoms with Gasteiger partial charge in [0.15, 0.2) is 0 Å². The van der Waals surface area contributed by atoms with Crippen LogP contribution in [0.2, 0.25) is 0 Å². The smallest absolute Gasteiger partial charge is 0.278 e. The fourth-order valence-corrected chi connectivity index (χ4v) is 2.93. The third-order valence-electron chi connectivity index (χ3n) is 4.41. The van der Waals surface area contributed by atoms with Gasteiger partial charge in [0.25, 0.3) is 17.1 Å². The van der Waals surface area contributed by atoms with Crippen molar-refractivity contribution < 1.29 is 9.36 Å². The Morgan fingerprint density at radius 2 is 2.16 bits per heavy atom. The van der Waals surface area contributed by atoms with Gasteiger partial charge in [0, 0.05) is 12.7 Å². The molecule has 0 saturated carbocycles. The lowest BCUT2D eigenvalue weighted by Crippen LogP contribution is -2.45. The summed E-state index contributed by atoms with van der Waals surface area (Å²) in [5, 5.41) is 3.12. The first kappa shape index (κ1) is 16.9. The highest BCUT2D eigenvalue weighted by molar-refractivity contribution is 6.00. The number of anilines is 1. The maximum Gasteiger partial charge on any atom is 0.278 e. The van der Waals surface area contributed by atoms with Gasteiger partial charge in [-0.2, -0.15) is 0 Å². The van der Waals surface area contributed by atoms with Gasteiger partial charge in [-0.05, 0) is 38.5 Å². The maximum atomic E-state index is 12.9. The van der Waals surface area contributed by atoms with E-state index in [0.29, 0.717) is 34.6 Å². The number of hydrogen-bond donors (Lipinski definition) is 2. The van der Waals surface area contributed by atoms with Gasteiger partial charge in [0.05, 0.1) is 6.04 Å². The van der Waals surface area contributed by atoms with E-state index in [4.69, 9.17) is 5.73 Å². The highest BCUT2D eigenvalue weighted by Gasteiger charge is 2.26. The minimum atomic E-state index is -0.295. The van der Waals surface area contributed by atoms with Crippen molar-refractivity contribution >= 4 is 28.4 Å². The Labute approximate surface area is 145 Å². The number of hydrogen-bond acceptors (Lipinski definition) is 4. The third-order valence-corrected chi connectivity index (χ3v) is 4.41. The average Bonchev–Trinajstić information content (AvgIpc) is 2.61. The molecule has 0 saturated heterocycles. The number of carbonyl (C=O) groups is 1. The highest BCUT2D eigenvalue weighted by Crippen LogP contribution is 2.18. The van der Waals surface area contributed by atoms with E-state index < -0.39 is 0 Å². The van der Waals surface area contributed by atoms with E-state index in [1.54, 1.807) is 29.0 Å². The number of nitrogens with one attached hydrogen (secondary N) is 1. The Bertz CT molecular complexity index is 1030. The summed E-state index contributed by atoms with van der Waals surface area (Å²) in [5.74, 6) is 0.0245. The zero-order valence-electron chi connectivity index (χ0n) is 14.6. The van der Waals surface area contributed by atoms with Crippen molar-refractivity contribution in [2.75, 3.05) is 12.3 Å². The number of rotatable bonds is 4. The van der Waals surface area contributed by atoms with Crippen LogP contribution in [0.15, 0.2) is 35.3 Å². The van der Waals surface area contributed by atoms with Crippen LogP contribution in [0, 0.1) is 0 Å². The van der Waals surface area contributed by atoms with Crippen LogP contribution in [-0.4, -0.2) is 21.8 Å². The van der Waals surface area contributed by atoms with Crippen molar-refractivity contribution in [3.63, 3.8) is 0 Å². The van der Waals surface area contributed by atoms with Gasteiger partial charge in [-0.25, -0.2) is 4.57 Å². The van der Waals surface area contributed by atoms with Gasteiger partial charge in [0.1, 0.15) is 10.9 Å². The predicted octanol–water partition coefficient (Wildman–Crippen LogP) is 1.44. The molecule has 0 aliphatic rings. The van der Waals surface area contributed by atoms with Crippen molar-refractivity contribution in [1.82, 2.24) is 14.7 Å². The van der Waals surface area contributed by atoms with Crippen molar-refractivity contribution in [2.45, 2.75) is 33.2 Å². The highest BCUT2D eigenvalue weighted by atomic mass is 16.1. The molecule has 0 aliphatic heterocycles. The summed E-state index contributed by atoms with van der Waals surface area (Å²) in [5.41, 5.74) is 7.42. The zero-order valence-corrected chi connectivity index (χ0v) is 14.6. The number of nitrogens with two attached hydrogens (primary N) is 1. The number of amides is 1. The van der Waals surface area contributed by atoms with E-state index in [1.807, 2.05) is 26.8 Å². The molecule has 1 atom stereocenters. The zero-order chi connectivity index (χ0) is 18.1. The fraction of sp³-hybridized carbons (Fsp3) is 0.333. The molecular formula is C18H22N5O2+. The SMILES string of the molecule is CCNC(=O)c1cc2c(=O)n3ccccc3nc2[n+]([C@H](C)CC)c1N. The molecule has 7 nitrogen and oxygen atoms in total. The summed E-state index contributed by atoms with van der Waals surface area (Å²) >= 11 is 0. The monoisotopic (exact) mass is 340 g/mol. The number of nitrogen functional groups attached to an aromatic ring is 1. The molecule has 3 aromatic heterocycles. The van der Waals surface area contributed by atoms with Crippen LogP contribution < -0.4 is 21.2 Å². The first-order valence-electron chi connectivity index (χ1n) is 8.42. The molecule has 3 N–H and O–H groups in total. The molecule has 0 fully saturated rings. The van der Waals surface area contributed by atoms with Crippen molar-refractivity contribution in [2.24, 2.45) is 0 Å². The summed E-state index contributed by atoms with van der Waals surface area (Å²) in [6, 6.07) is 6.91. The molecule has 0 spiro atoms. The van der Waals surface area contributed by atoms with E-state index in [0.717, 1.165) is 6.42 Å². The van der Waals surface area contributed by atoms with Crippen molar-refractivity contribution in [3.05, 3.63) is 46.4 Å². The van der Waals surface area contributed by atoms with Crippen LogP contribution >= 0.6 is 0 Å². The number of fused-ring (bicyclic) bond motifs is 2. The molecule has 7 heteroatoms. The minimum absolute atomic E-state index is 0.00469. The Balaban J connectivity index is 2.47. The van der Waals surface area contributed by atoms with Crippen LogP contribution in [0.1, 0.15) is 43.6 Å². The van der Waals surface area contributed by atoms with E-state index in [2.05, 4.69) is 10.3 Å².